The zero-order valence-corrected chi connectivity index (χ0v) is 17.9. The highest BCUT2D eigenvalue weighted by Crippen LogP contribution is 2.37. The predicted molar refractivity (Wildman–Crippen MR) is 107 cm³/mol. The smallest absolute Gasteiger partial charge is 0.280 e. The first-order valence-corrected chi connectivity index (χ1v) is 9.55. The van der Waals surface area contributed by atoms with E-state index in [2.05, 4.69) is 21.0 Å². The van der Waals surface area contributed by atoms with Crippen molar-refractivity contribution in [2.24, 2.45) is 5.10 Å². The Labute approximate surface area is 181 Å². The van der Waals surface area contributed by atoms with Gasteiger partial charge in [-0.3, -0.25) is 4.79 Å². The van der Waals surface area contributed by atoms with Crippen molar-refractivity contribution in [2.75, 3.05) is 18.7 Å². The Hall–Kier alpha value is -2.95. The molecule has 0 atom stereocenters. The number of amides is 1. The maximum Gasteiger partial charge on any atom is 0.280 e. The first kappa shape index (κ1) is 22.7. The quantitative estimate of drug-likeness (QED) is 0.238. The molecule has 0 bridgehead atoms. The molecular formula is C20H14BrF5N2O3. The lowest BCUT2D eigenvalue weighted by Gasteiger charge is -2.15. The maximum absolute atomic E-state index is 14.1. The molecule has 2 aromatic rings. The average molecular weight is 505 g/mol. The Bertz CT molecular complexity index is 1120. The second-order valence-corrected chi connectivity index (χ2v) is 7.09. The van der Waals surface area contributed by atoms with Gasteiger partial charge in [0.1, 0.15) is 5.69 Å². The molecule has 3 rings (SSSR count). The van der Waals surface area contributed by atoms with Gasteiger partial charge < -0.3 is 9.47 Å². The highest BCUT2D eigenvalue weighted by molar-refractivity contribution is 9.10. The van der Waals surface area contributed by atoms with Gasteiger partial charge in [-0.1, -0.05) is 15.9 Å². The Morgan fingerprint density at radius 1 is 1.03 bits per heavy atom. The largest absolute Gasteiger partial charge is 0.493 e. The minimum absolute atomic E-state index is 0.00805. The molecule has 0 N–H and O–H groups in total. The fourth-order valence-electron chi connectivity index (χ4n) is 2.86. The number of rotatable bonds is 5. The minimum atomic E-state index is -2.33. The van der Waals surface area contributed by atoms with Gasteiger partial charge in [0.25, 0.3) is 5.91 Å². The lowest BCUT2D eigenvalue weighted by molar-refractivity contribution is -0.114. The van der Waals surface area contributed by atoms with Gasteiger partial charge in [-0.25, -0.2) is 22.0 Å². The summed E-state index contributed by atoms with van der Waals surface area (Å²) in [5.41, 5.74) is -1.13. The van der Waals surface area contributed by atoms with Crippen LogP contribution in [0, 0.1) is 29.1 Å². The van der Waals surface area contributed by atoms with Crippen LogP contribution in [0.15, 0.2) is 27.3 Å². The van der Waals surface area contributed by atoms with E-state index >= 15 is 0 Å². The summed E-state index contributed by atoms with van der Waals surface area (Å²) in [5, 5.41) is 3.85. The van der Waals surface area contributed by atoms with Crippen molar-refractivity contribution in [3.63, 3.8) is 0 Å². The molecule has 5 nitrogen and oxygen atoms in total. The average Bonchev–Trinajstić information content (AvgIpc) is 3.01. The second kappa shape index (κ2) is 8.66. The molecule has 0 unspecified atom stereocenters. The van der Waals surface area contributed by atoms with E-state index in [9.17, 15) is 26.7 Å². The number of ether oxygens (including phenoxy) is 2. The summed E-state index contributed by atoms with van der Waals surface area (Å²) in [6.07, 6.45) is 1.34. The lowest BCUT2D eigenvalue weighted by Crippen LogP contribution is -2.25. The molecule has 0 saturated heterocycles. The number of methoxy groups -OCH3 is 1. The standard InChI is InChI=1S/C20H14BrF5N2O3/c1-4-31-13-7-11(21)9(6-12(13)30-3)5-10-8(2)27-28(20(10)29)19-17(25)15(23)14(22)16(24)18(19)26/h5-7H,4H2,1-3H3/b10-5+. The molecule has 1 aliphatic heterocycles. The van der Waals surface area contributed by atoms with Crippen molar-refractivity contribution in [2.45, 2.75) is 13.8 Å². The van der Waals surface area contributed by atoms with Crippen molar-refractivity contribution in [1.29, 1.82) is 0 Å². The number of halogens is 6. The van der Waals surface area contributed by atoms with E-state index in [1.165, 1.54) is 20.1 Å². The first-order valence-electron chi connectivity index (χ1n) is 8.75. The fourth-order valence-corrected chi connectivity index (χ4v) is 3.30. The van der Waals surface area contributed by atoms with Crippen molar-refractivity contribution in [1.82, 2.24) is 0 Å². The van der Waals surface area contributed by atoms with Crippen LogP contribution in [0.25, 0.3) is 6.08 Å². The van der Waals surface area contributed by atoms with Gasteiger partial charge >= 0.3 is 0 Å². The molecule has 0 saturated carbocycles. The van der Waals surface area contributed by atoms with E-state index in [-0.39, 0.29) is 16.3 Å². The summed E-state index contributed by atoms with van der Waals surface area (Å²) in [5.74, 6) is -11.3. The van der Waals surface area contributed by atoms with Crippen molar-refractivity contribution in [3.05, 3.63) is 56.8 Å². The van der Waals surface area contributed by atoms with Crippen LogP contribution in [-0.2, 0) is 4.79 Å². The van der Waals surface area contributed by atoms with E-state index in [4.69, 9.17) is 9.47 Å². The van der Waals surface area contributed by atoms with Gasteiger partial charge in [-0.05, 0) is 37.6 Å². The van der Waals surface area contributed by atoms with Crippen LogP contribution in [0.2, 0.25) is 0 Å². The number of carbonyl (C=O) groups is 1. The van der Waals surface area contributed by atoms with Crippen molar-refractivity contribution < 1.29 is 36.2 Å². The van der Waals surface area contributed by atoms with Crippen LogP contribution in [0.4, 0.5) is 27.6 Å². The molecule has 0 aromatic heterocycles. The minimum Gasteiger partial charge on any atom is -0.493 e. The number of hydrazone groups is 1. The molecule has 31 heavy (non-hydrogen) atoms. The molecule has 0 aliphatic carbocycles. The molecule has 1 amide bonds. The third-order valence-electron chi connectivity index (χ3n) is 4.34. The number of benzene rings is 2. The summed E-state index contributed by atoms with van der Waals surface area (Å²) in [6.45, 7) is 3.52. The molecule has 0 fully saturated rings. The maximum atomic E-state index is 14.1. The predicted octanol–water partition coefficient (Wildman–Crippen LogP) is 5.36. The normalized spacial score (nSPS) is 15.0. The van der Waals surface area contributed by atoms with E-state index in [0.29, 0.717) is 28.1 Å². The molecule has 1 aliphatic rings. The molecule has 164 valence electrons. The Morgan fingerprint density at radius 3 is 2.16 bits per heavy atom. The number of anilines is 1. The molecule has 1 heterocycles. The zero-order valence-electron chi connectivity index (χ0n) is 16.3. The Morgan fingerprint density at radius 2 is 1.61 bits per heavy atom. The molecular weight excluding hydrogens is 491 g/mol. The van der Waals surface area contributed by atoms with Crippen LogP contribution >= 0.6 is 15.9 Å². The number of carbonyl (C=O) groups excluding carboxylic acids is 1. The summed E-state index contributed by atoms with van der Waals surface area (Å²) in [6, 6.07) is 3.14. The van der Waals surface area contributed by atoms with Gasteiger partial charge in [0.05, 0.1) is 25.0 Å². The van der Waals surface area contributed by atoms with Crippen LogP contribution in [0.5, 0.6) is 11.5 Å². The molecule has 11 heteroatoms. The lowest BCUT2D eigenvalue weighted by atomic mass is 10.1. The van der Waals surface area contributed by atoms with Gasteiger partial charge in [-0.15, -0.1) is 0 Å². The monoisotopic (exact) mass is 504 g/mol. The van der Waals surface area contributed by atoms with Gasteiger partial charge in [0.2, 0.25) is 5.82 Å². The van der Waals surface area contributed by atoms with E-state index in [0.717, 1.165) is 0 Å². The topological polar surface area (TPSA) is 51.1 Å². The summed E-state index contributed by atoms with van der Waals surface area (Å²) in [7, 11) is 1.42. The fraction of sp³-hybridized carbons (Fsp3) is 0.200. The van der Waals surface area contributed by atoms with Crippen LogP contribution < -0.4 is 14.5 Å². The number of hydrogen-bond donors (Lipinski definition) is 0. The van der Waals surface area contributed by atoms with E-state index < -0.39 is 40.7 Å². The third kappa shape index (κ3) is 3.89. The number of hydrogen-bond acceptors (Lipinski definition) is 4. The summed E-state index contributed by atoms with van der Waals surface area (Å²) in [4.78, 5) is 12.8. The van der Waals surface area contributed by atoms with Crippen LogP contribution in [0.1, 0.15) is 19.4 Å². The van der Waals surface area contributed by atoms with Gasteiger partial charge in [0, 0.05) is 4.47 Å². The van der Waals surface area contributed by atoms with E-state index in [1.807, 2.05) is 0 Å². The second-order valence-electron chi connectivity index (χ2n) is 6.24. The highest BCUT2D eigenvalue weighted by atomic mass is 79.9. The zero-order chi connectivity index (χ0) is 23.0. The third-order valence-corrected chi connectivity index (χ3v) is 5.03. The van der Waals surface area contributed by atoms with Gasteiger partial charge in [0.15, 0.2) is 34.8 Å². The summed E-state index contributed by atoms with van der Waals surface area (Å²) < 4.78 is 80.0. The SMILES string of the molecule is CCOc1cc(Br)c(/C=C2/C(=O)N(c3c(F)c(F)c(F)c(F)c3F)N=C2C)cc1OC. The first-order chi connectivity index (χ1) is 14.6. The summed E-state index contributed by atoms with van der Waals surface area (Å²) >= 11 is 3.33. The van der Waals surface area contributed by atoms with Crippen LogP contribution in [-0.4, -0.2) is 25.3 Å². The van der Waals surface area contributed by atoms with E-state index in [1.54, 1.807) is 19.1 Å². The molecule has 0 radical (unpaired) electrons. The Balaban J connectivity index is 2.08. The molecule has 2 aromatic carbocycles. The number of nitrogens with zero attached hydrogens (tertiary/aromatic N) is 2. The van der Waals surface area contributed by atoms with Gasteiger partial charge in [-0.2, -0.15) is 10.1 Å². The van der Waals surface area contributed by atoms with Crippen LogP contribution in [0.3, 0.4) is 0 Å². The molecule has 0 spiro atoms. The Kier molecular flexibility index (Phi) is 6.35. The van der Waals surface area contributed by atoms with Crippen molar-refractivity contribution in [3.8, 4) is 11.5 Å². The van der Waals surface area contributed by atoms with Crippen molar-refractivity contribution >= 4 is 39.3 Å². The highest BCUT2D eigenvalue weighted by Gasteiger charge is 2.37.